The van der Waals surface area contributed by atoms with Crippen LogP contribution in [0.1, 0.15) is 5.56 Å². The summed E-state index contributed by atoms with van der Waals surface area (Å²) in [6.45, 7) is 1.45. The van der Waals surface area contributed by atoms with Crippen molar-refractivity contribution in [1.29, 1.82) is 0 Å². The van der Waals surface area contributed by atoms with Crippen LogP contribution in [0.15, 0.2) is 82.2 Å². The summed E-state index contributed by atoms with van der Waals surface area (Å²) in [5.41, 5.74) is 1.74. The molecule has 0 aliphatic carbocycles. The molecule has 0 aliphatic heterocycles. The van der Waals surface area contributed by atoms with Crippen molar-refractivity contribution in [1.82, 2.24) is 0 Å². The van der Waals surface area contributed by atoms with Crippen molar-refractivity contribution >= 4 is 54.8 Å². The van der Waals surface area contributed by atoms with Crippen molar-refractivity contribution in [2.45, 2.75) is 11.8 Å². The number of nitrogens with zero attached hydrogens (tertiary/aromatic N) is 1. The van der Waals surface area contributed by atoms with Crippen molar-refractivity contribution in [3.63, 3.8) is 0 Å². The molecule has 0 spiro atoms. The van der Waals surface area contributed by atoms with E-state index >= 15 is 0 Å². The third-order valence-corrected chi connectivity index (χ3v) is 6.76. The Morgan fingerprint density at radius 2 is 1.69 bits per heavy atom. The summed E-state index contributed by atoms with van der Waals surface area (Å²) >= 11 is 9.35. The van der Waals surface area contributed by atoms with Crippen LogP contribution < -0.4 is 9.62 Å². The molecule has 8 heteroatoms. The average molecular weight is 494 g/mol. The summed E-state index contributed by atoms with van der Waals surface area (Å²) in [6.07, 6.45) is 0. The monoisotopic (exact) mass is 492 g/mol. The third-order valence-electron chi connectivity index (χ3n) is 4.21. The quantitative estimate of drug-likeness (QED) is 0.510. The Bertz CT molecular complexity index is 1120. The minimum Gasteiger partial charge on any atom is -0.324 e. The van der Waals surface area contributed by atoms with Crippen molar-refractivity contribution in [3.05, 3.63) is 87.9 Å². The van der Waals surface area contributed by atoms with Gasteiger partial charge < -0.3 is 5.32 Å². The Morgan fingerprint density at radius 1 is 1.03 bits per heavy atom. The van der Waals surface area contributed by atoms with E-state index in [2.05, 4.69) is 21.2 Å². The van der Waals surface area contributed by atoms with Gasteiger partial charge in [-0.1, -0.05) is 51.8 Å². The summed E-state index contributed by atoms with van der Waals surface area (Å²) in [7, 11) is -3.94. The number of benzene rings is 3. The normalized spacial score (nSPS) is 11.1. The molecule has 3 rings (SSSR count). The van der Waals surface area contributed by atoms with Crippen LogP contribution in [-0.4, -0.2) is 20.9 Å². The van der Waals surface area contributed by atoms with Crippen molar-refractivity contribution < 1.29 is 13.2 Å². The molecular weight excluding hydrogens is 476 g/mol. The molecule has 0 saturated heterocycles. The van der Waals surface area contributed by atoms with Gasteiger partial charge in [-0.25, -0.2) is 8.42 Å². The van der Waals surface area contributed by atoms with Crippen LogP contribution >= 0.6 is 27.5 Å². The Hall–Kier alpha value is -2.35. The predicted octanol–water partition coefficient (Wildman–Crippen LogP) is 5.24. The van der Waals surface area contributed by atoms with Crippen molar-refractivity contribution in [2.24, 2.45) is 0 Å². The number of sulfonamides is 1. The van der Waals surface area contributed by atoms with E-state index in [-0.39, 0.29) is 11.4 Å². The number of aryl methyl sites for hydroxylation is 1. The van der Waals surface area contributed by atoms with Gasteiger partial charge in [-0.3, -0.25) is 9.10 Å². The molecule has 0 radical (unpaired) electrons. The molecule has 3 aromatic rings. The minimum atomic E-state index is -3.94. The molecule has 0 atom stereocenters. The SMILES string of the molecule is Cc1ccc(Cl)cc1NC(=O)CN(c1ccc(Br)cc1)S(=O)(=O)c1ccccc1. The van der Waals surface area contributed by atoms with Crippen LogP contribution in [0.2, 0.25) is 5.02 Å². The molecule has 0 heterocycles. The average Bonchev–Trinajstić information content (AvgIpc) is 2.70. The third kappa shape index (κ3) is 5.18. The summed E-state index contributed by atoms with van der Waals surface area (Å²) < 4.78 is 28.4. The number of carbonyl (C=O) groups excluding carboxylic acids is 1. The summed E-state index contributed by atoms with van der Waals surface area (Å²) in [5, 5.41) is 3.23. The lowest BCUT2D eigenvalue weighted by Gasteiger charge is -2.24. The standard InChI is InChI=1S/C21H18BrClN2O3S/c1-15-7-10-17(23)13-20(15)24-21(26)14-25(18-11-8-16(22)9-12-18)29(27,28)19-5-3-2-4-6-19/h2-13H,14H2,1H3,(H,24,26). The zero-order chi connectivity index (χ0) is 21.0. The lowest BCUT2D eigenvalue weighted by Crippen LogP contribution is -2.38. The maximum Gasteiger partial charge on any atom is 0.264 e. The lowest BCUT2D eigenvalue weighted by molar-refractivity contribution is -0.114. The highest BCUT2D eigenvalue weighted by molar-refractivity contribution is 9.10. The fraction of sp³-hybridized carbons (Fsp3) is 0.0952. The number of hydrogen-bond donors (Lipinski definition) is 1. The number of anilines is 2. The summed E-state index contributed by atoms with van der Waals surface area (Å²) in [4.78, 5) is 12.8. The zero-order valence-corrected chi connectivity index (χ0v) is 18.6. The van der Waals surface area contributed by atoms with E-state index in [4.69, 9.17) is 11.6 Å². The first-order valence-corrected chi connectivity index (χ1v) is 11.3. The van der Waals surface area contributed by atoms with Gasteiger partial charge in [-0.15, -0.1) is 0 Å². The van der Waals surface area contributed by atoms with E-state index in [1.807, 2.05) is 6.92 Å². The zero-order valence-electron chi connectivity index (χ0n) is 15.5. The summed E-state index contributed by atoms with van der Waals surface area (Å²) in [5.74, 6) is -0.474. The molecule has 1 N–H and O–H groups in total. The molecule has 150 valence electrons. The van der Waals surface area contributed by atoms with E-state index < -0.39 is 15.9 Å². The van der Waals surface area contributed by atoms with Crippen LogP contribution in [0.4, 0.5) is 11.4 Å². The second-order valence-electron chi connectivity index (χ2n) is 6.31. The molecule has 3 aromatic carbocycles. The van der Waals surface area contributed by atoms with E-state index in [1.165, 1.54) is 12.1 Å². The molecule has 0 saturated carbocycles. The molecule has 0 fully saturated rings. The second kappa shape index (κ2) is 8.98. The molecule has 0 aliphatic rings. The van der Waals surface area contributed by atoms with Crippen molar-refractivity contribution in [2.75, 3.05) is 16.2 Å². The Kier molecular flexibility index (Phi) is 6.62. The van der Waals surface area contributed by atoms with Crippen LogP contribution in [0.3, 0.4) is 0 Å². The molecule has 1 amide bonds. The molecular formula is C21H18BrClN2O3S. The highest BCUT2D eigenvalue weighted by Gasteiger charge is 2.27. The first kappa shape index (κ1) is 21.4. The number of halogens is 2. The highest BCUT2D eigenvalue weighted by atomic mass is 79.9. The van der Waals surface area contributed by atoms with E-state index in [1.54, 1.807) is 60.7 Å². The van der Waals surface area contributed by atoms with Crippen molar-refractivity contribution in [3.8, 4) is 0 Å². The van der Waals surface area contributed by atoms with Gasteiger partial charge in [0, 0.05) is 15.2 Å². The van der Waals surface area contributed by atoms with Gasteiger partial charge in [0.2, 0.25) is 5.91 Å². The van der Waals surface area contributed by atoms with E-state index in [0.29, 0.717) is 16.4 Å². The topological polar surface area (TPSA) is 66.5 Å². The summed E-state index contributed by atoms with van der Waals surface area (Å²) in [6, 6.07) is 19.9. The van der Waals surface area contributed by atoms with Crippen LogP contribution in [-0.2, 0) is 14.8 Å². The van der Waals surface area contributed by atoms with E-state index in [9.17, 15) is 13.2 Å². The van der Waals surface area contributed by atoms with Gasteiger partial charge in [0.25, 0.3) is 10.0 Å². The predicted molar refractivity (Wildman–Crippen MR) is 120 cm³/mol. The number of amides is 1. The number of carbonyl (C=O) groups is 1. The maximum atomic E-state index is 13.2. The minimum absolute atomic E-state index is 0.106. The first-order valence-electron chi connectivity index (χ1n) is 8.67. The smallest absolute Gasteiger partial charge is 0.264 e. The van der Waals surface area contributed by atoms with Gasteiger partial charge >= 0.3 is 0 Å². The first-order chi connectivity index (χ1) is 13.8. The van der Waals surface area contributed by atoms with Gasteiger partial charge in [0.1, 0.15) is 6.54 Å². The Balaban J connectivity index is 1.94. The Morgan fingerprint density at radius 3 is 2.34 bits per heavy atom. The van der Waals surface area contributed by atoms with Crippen LogP contribution in [0.25, 0.3) is 0 Å². The molecule has 0 aromatic heterocycles. The van der Waals surface area contributed by atoms with E-state index in [0.717, 1.165) is 14.3 Å². The van der Waals surface area contributed by atoms with Crippen LogP contribution in [0, 0.1) is 6.92 Å². The molecule has 5 nitrogen and oxygen atoms in total. The maximum absolute atomic E-state index is 13.2. The number of hydrogen-bond acceptors (Lipinski definition) is 3. The fourth-order valence-electron chi connectivity index (χ4n) is 2.69. The largest absolute Gasteiger partial charge is 0.324 e. The van der Waals surface area contributed by atoms with Gasteiger partial charge in [0.15, 0.2) is 0 Å². The van der Waals surface area contributed by atoms with Gasteiger partial charge in [0.05, 0.1) is 10.6 Å². The number of nitrogens with one attached hydrogen (secondary N) is 1. The van der Waals surface area contributed by atoms with Gasteiger partial charge in [-0.2, -0.15) is 0 Å². The number of rotatable bonds is 6. The lowest BCUT2D eigenvalue weighted by atomic mass is 10.2. The molecule has 0 unspecified atom stereocenters. The second-order valence-corrected chi connectivity index (χ2v) is 9.52. The highest BCUT2D eigenvalue weighted by Crippen LogP contribution is 2.26. The molecule has 0 bridgehead atoms. The molecule has 29 heavy (non-hydrogen) atoms. The van der Waals surface area contributed by atoms with Gasteiger partial charge in [-0.05, 0) is 61.0 Å². The fourth-order valence-corrected chi connectivity index (χ4v) is 4.57. The van der Waals surface area contributed by atoms with Crippen LogP contribution in [0.5, 0.6) is 0 Å². The Labute approximate surface area is 183 Å².